The van der Waals surface area contributed by atoms with Crippen LogP contribution < -0.4 is 4.90 Å². The molecule has 1 aliphatic rings. The Morgan fingerprint density at radius 3 is 1.74 bits per heavy atom. The van der Waals surface area contributed by atoms with E-state index in [2.05, 4.69) is 170 Å². The molecular weight excluding hydrogens is 659 g/mol. The lowest BCUT2D eigenvalue weighted by molar-refractivity contribution is 0.660. The van der Waals surface area contributed by atoms with Gasteiger partial charge in [-0.3, -0.25) is 0 Å². The van der Waals surface area contributed by atoms with Gasteiger partial charge in [0.25, 0.3) is 0 Å². The molecule has 2 aromatic heterocycles. The molecule has 3 heteroatoms. The van der Waals surface area contributed by atoms with Gasteiger partial charge in [0.05, 0.1) is 0 Å². The minimum Gasteiger partial charge on any atom is -0.456 e. The second-order valence-corrected chi connectivity index (χ2v) is 14.9. The molecule has 11 rings (SSSR count). The van der Waals surface area contributed by atoms with Crippen LogP contribution in [0.5, 0.6) is 0 Å². The summed E-state index contributed by atoms with van der Waals surface area (Å²) >= 11 is 0. The molecule has 0 radical (unpaired) electrons. The lowest BCUT2D eigenvalue weighted by atomic mass is 9.81. The number of fused-ring (bicyclic) bond motifs is 9. The number of hydrogen-bond acceptors (Lipinski definition) is 3. The molecule has 0 aliphatic heterocycles. The molecule has 0 bridgehead atoms. The molecule has 10 aromatic rings. The SMILES string of the molecule is CC1(C)c2cc(-c3ccccc3)ccc2-c2ccc(N(c3ccc(-c4cccc5c4oc4ccccc45)cc3)c3ccc4oc5ccccc5c4c3)cc21. The molecule has 54 heavy (non-hydrogen) atoms. The number of para-hydroxylation sites is 3. The van der Waals surface area contributed by atoms with Crippen LogP contribution in [-0.2, 0) is 5.41 Å². The first-order valence-electron chi connectivity index (χ1n) is 18.6. The number of hydrogen-bond donors (Lipinski definition) is 0. The summed E-state index contributed by atoms with van der Waals surface area (Å²) in [7, 11) is 0. The first kappa shape index (κ1) is 30.8. The summed E-state index contributed by atoms with van der Waals surface area (Å²) in [4.78, 5) is 2.38. The van der Waals surface area contributed by atoms with E-state index in [1.807, 2.05) is 24.3 Å². The third-order valence-corrected chi connectivity index (χ3v) is 11.5. The van der Waals surface area contributed by atoms with Crippen molar-refractivity contribution in [1.29, 1.82) is 0 Å². The van der Waals surface area contributed by atoms with E-state index >= 15 is 0 Å². The molecule has 8 aromatic carbocycles. The van der Waals surface area contributed by atoms with E-state index in [0.717, 1.165) is 72.1 Å². The molecule has 256 valence electrons. The summed E-state index contributed by atoms with van der Waals surface area (Å²) in [6, 6.07) is 63.0. The van der Waals surface area contributed by atoms with Crippen LogP contribution in [0.2, 0.25) is 0 Å². The average Bonchev–Trinajstić information content (AvgIpc) is 3.86. The molecule has 0 saturated heterocycles. The molecule has 0 amide bonds. The smallest absolute Gasteiger partial charge is 0.143 e. The van der Waals surface area contributed by atoms with Gasteiger partial charge in [-0.1, -0.05) is 129 Å². The first-order valence-corrected chi connectivity index (χ1v) is 18.6. The molecule has 0 unspecified atom stereocenters. The largest absolute Gasteiger partial charge is 0.456 e. The van der Waals surface area contributed by atoms with Gasteiger partial charge in [-0.05, 0) is 99.6 Å². The summed E-state index contributed by atoms with van der Waals surface area (Å²) in [6.45, 7) is 4.72. The fraction of sp³-hybridized carbons (Fsp3) is 0.0588. The predicted molar refractivity (Wildman–Crippen MR) is 224 cm³/mol. The van der Waals surface area contributed by atoms with Crippen LogP contribution in [0, 0.1) is 0 Å². The normalized spacial score (nSPS) is 13.1. The zero-order valence-electron chi connectivity index (χ0n) is 30.0. The fourth-order valence-electron chi connectivity index (χ4n) is 8.74. The molecule has 0 fully saturated rings. The van der Waals surface area contributed by atoms with Gasteiger partial charge < -0.3 is 13.7 Å². The van der Waals surface area contributed by atoms with Crippen molar-refractivity contribution in [3.63, 3.8) is 0 Å². The maximum atomic E-state index is 6.42. The van der Waals surface area contributed by atoms with Crippen LogP contribution in [0.4, 0.5) is 17.1 Å². The van der Waals surface area contributed by atoms with Crippen molar-refractivity contribution >= 4 is 60.9 Å². The van der Waals surface area contributed by atoms with Crippen LogP contribution >= 0.6 is 0 Å². The van der Waals surface area contributed by atoms with Crippen molar-refractivity contribution in [1.82, 2.24) is 0 Å². The highest BCUT2D eigenvalue weighted by Crippen LogP contribution is 2.52. The molecular formula is C51H35NO2. The van der Waals surface area contributed by atoms with Crippen molar-refractivity contribution in [2.45, 2.75) is 19.3 Å². The first-order chi connectivity index (χ1) is 26.5. The van der Waals surface area contributed by atoms with Crippen LogP contribution in [-0.4, -0.2) is 0 Å². The Morgan fingerprint density at radius 1 is 0.370 bits per heavy atom. The lowest BCUT2D eigenvalue weighted by Gasteiger charge is -2.28. The van der Waals surface area contributed by atoms with Crippen molar-refractivity contribution in [2.24, 2.45) is 0 Å². The molecule has 2 heterocycles. The summed E-state index contributed by atoms with van der Waals surface area (Å²) in [5.41, 5.74) is 16.6. The van der Waals surface area contributed by atoms with Gasteiger partial charge in [-0.25, -0.2) is 0 Å². The highest BCUT2D eigenvalue weighted by atomic mass is 16.3. The van der Waals surface area contributed by atoms with E-state index in [0.29, 0.717) is 0 Å². The fourth-order valence-corrected chi connectivity index (χ4v) is 8.74. The van der Waals surface area contributed by atoms with Gasteiger partial charge in [0.1, 0.15) is 22.3 Å². The highest BCUT2D eigenvalue weighted by Gasteiger charge is 2.36. The Hall–Kier alpha value is -6.84. The quantitative estimate of drug-likeness (QED) is 0.180. The van der Waals surface area contributed by atoms with Crippen LogP contribution in [0.1, 0.15) is 25.0 Å². The molecule has 0 N–H and O–H groups in total. The molecule has 0 spiro atoms. The van der Waals surface area contributed by atoms with Gasteiger partial charge >= 0.3 is 0 Å². The number of nitrogens with zero attached hydrogens (tertiary/aromatic N) is 1. The maximum absolute atomic E-state index is 6.42. The van der Waals surface area contributed by atoms with Crippen molar-refractivity contribution in [3.8, 4) is 33.4 Å². The van der Waals surface area contributed by atoms with Crippen LogP contribution in [0.3, 0.4) is 0 Å². The second-order valence-electron chi connectivity index (χ2n) is 14.9. The van der Waals surface area contributed by atoms with Crippen molar-refractivity contribution < 1.29 is 8.83 Å². The van der Waals surface area contributed by atoms with E-state index in [1.54, 1.807) is 0 Å². The summed E-state index contributed by atoms with van der Waals surface area (Å²) in [6.07, 6.45) is 0. The standard InChI is InChI=1S/C51H35NO2/c1-51(2)45-29-34(32-11-4-3-5-12-32)21-26-39(45)40-27-24-37(31-46(40)51)52(36-25-28-49-44(30-36)42-14-7-8-17-47(42)53-49)35-22-19-33(20-23-35)38-15-10-16-43-41-13-6-9-18-48(41)54-50(38)43/h3-31H,1-2H3. The number of anilines is 3. The average molecular weight is 694 g/mol. The zero-order valence-corrected chi connectivity index (χ0v) is 30.0. The number of furan rings is 2. The molecule has 0 saturated carbocycles. The third kappa shape index (κ3) is 4.61. The van der Waals surface area contributed by atoms with Gasteiger partial charge in [0.15, 0.2) is 0 Å². The van der Waals surface area contributed by atoms with Crippen molar-refractivity contribution in [2.75, 3.05) is 4.90 Å². The topological polar surface area (TPSA) is 29.5 Å². The van der Waals surface area contributed by atoms with Gasteiger partial charge in [-0.15, -0.1) is 0 Å². The van der Waals surface area contributed by atoms with Gasteiger partial charge in [0.2, 0.25) is 0 Å². The number of benzene rings is 8. The third-order valence-electron chi connectivity index (χ3n) is 11.5. The Labute approximate surface area is 313 Å². The predicted octanol–water partition coefficient (Wildman–Crippen LogP) is 14.6. The van der Waals surface area contributed by atoms with E-state index < -0.39 is 0 Å². The highest BCUT2D eigenvalue weighted by molar-refractivity contribution is 6.10. The second kappa shape index (κ2) is 11.6. The maximum Gasteiger partial charge on any atom is 0.143 e. The van der Waals surface area contributed by atoms with Gasteiger partial charge in [0, 0.05) is 49.6 Å². The van der Waals surface area contributed by atoms with E-state index in [1.165, 1.54) is 33.4 Å². The summed E-state index contributed by atoms with van der Waals surface area (Å²) < 4.78 is 12.7. The Bertz CT molecular complexity index is 3070. The van der Waals surface area contributed by atoms with Crippen molar-refractivity contribution in [3.05, 3.63) is 187 Å². The van der Waals surface area contributed by atoms with E-state index in [9.17, 15) is 0 Å². The van der Waals surface area contributed by atoms with Gasteiger partial charge in [-0.2, -0.15) is 0 Å². The molecule has 0 atom stereocenters. The van der Waals surface area contributed by atoms with E-state index in [-0.39, 0.29) is 5.41 Å². The zero-order chi connectivity index (χ0) is 36.0. The summed E-state index contributed by atoms with van der Waals surface area (Å²) in [5, 5.41) is 4.48. The summed E-state index contributed by atoms with van der Waals surface area (Å²) in [5.74, 6) is 0. The minimum atomic E-state index is -0.184. The monoisotopic (exact) mass is 693 g/mol. The Morgan fingerprint density at radius 2 is 0.944 bits per heavy atom. The van der Waals surface area contributed by atoms with Crippen LogP contribution in [0.15, 0.2) is 185 Å². The Kier molecular flexibility index (Phi) is 6.60. The molecule has 1 aliphatic carbocycles. The number of rotatable bonds is 5. The van der Waals surface area contributed by atoms with E-state index in [4.69, 9.17) is 8.83 Å². The Balaban J connectivity index is 1.05. The molecule has 3 nitrogen and oxygen atoms in total. The van der Waals surface area contributed by atoms with Crippen LogP contribution in [0.25, 0.3) is 77.3 Å². The lowest BCUT2D eigenvalue weighted by Crippen LogP contribution is -2.16. The minimum absolute atomic E-state index is 0.184.